The number of carbonyl (C=O) groups excluding carboxylic acids is 3. The lowest BCUT2D eigenvalue weighted by molar-refractivity contribution is -0.148. The van der Waals surface area contributed by atoms with Crippen LogP contribution in [0.2, 0.25) is 0 Å². The van der Waals surface area contributed by atoms with E-state index >= 15 is 0 Å². The summed E-state index contributed by atoms with van der Waals surface area (Å²) in [6, 6.07) is -0.821. The number of hydrogen-bond donors (Lipinski definition) is 2. The lowest BCUT2D eigenvalue weighted by Crippen LogP contribution is -2.48. The first-order chi connectivity index (χ1) is 9.95. The quantitative estimate of drug-likeness (QED) is 0.688. The highest BCUT2D eigenvalue weighted by Gasteiger charge is 2.28. The van der Waals surface area contributed by atoms with E-state index in [-0.39, 0.29) is 24.2 Å². The molecule has 2 amide bonds. The number of rotatable bonds is 7. The van der Waals surface area contributed by atoms with Gasteiger partial charge in [-0.25, -0.2) is 0 Å². The molecule has 1 aliphatic rings. The van der Waals surface area contributed by atoms with E-state index < -0.39 is 17.9 Å². The molecule has 0 radical (unpaired) electrons. The Balaban J connectivity index is 2.54. The Morgan fingerprint density at radius 1 is 1.24 bits per heavy atom. The Morgan fingerprint density at radius 2 is 1.86 bits per heavy atom. The largest absolute Gasteiger partial charge is 0.466 e. The van der Waals surface area contributed by atoms with Crippen LogP contribution in [0, 0.1) is 11.8 Å². The van der Waals surface area contributed by atoms with Crippen molar-refractivity contribution < 1.29 is 19.1 Å². The summed E-state index contributed by atoms with van der Waals surface area (Å²) in [6.45, 7) is 3.68. The van der Waals surface area contributed by atoms with Gasteiger partial charge in [0.05, 0.1) is 12.5 Å². The molecule has 1 rings (SSSR count). The van der Waals surface area contributed by atoms with Crippen molar-refractivity contribution >= 4 is 17.8 Å². The predicted octanol–water partition coefficient (Wildman–Crippen LogP) is 1.13. The van der Waals surface area contributed by atoms with Crippen molar-refractivity contribution in [3.8, 4) is 0 Å². The normalized spacial score (nSPS) is 18.6. The summed E-state index contributed by atoms with van der Waals surface area (Å²) in [6.07, 6.45) is 5.11. The zero-order chi connectivity index (χ0) is 15.8. The minimum atomic E-state index is -0.821. The van der Waals surface area contributed by atoms with E-state index in [1.54, 1.807) is 13.8 Å². The number of ether oxygens (including phenoxy) is 1. The van der Waals surface area contributed by atoms with Gasteiger partial charge in [0, 0.05) is 5.92 Å². The molecule has 1 aliphatic carbocycles. The lowest BCUT2D eigenvalue weighted by Gasteiger charge is -2.24. The van der Waals surface area contributed by atoms with Crippen LogP contribution in [-0.2, 0) is 19.1 Å². The van der Waals surface area contributed by atoms with E-state index in [1.807, 2.05) is 0 Å². The third-order valence-corrected chi connectivity index (χ3v) is 3.91. The summed E-state index contributed by atoms with van der Waals surface area (Å²) in [5.41, 5.74) is 5.33. The topological polar surface area (TPSA) is 98.5 Å². The van der Waals surface area contributed by atoms with Gasteiger partial charge in [0.15, 0.2) is 0 Å². The zero-order valence-corrected chi connectivity index (χ0v) is 12.9. The van der Waals surface area contributed by atoms with Crippen LogP contribution in [-0.4, -0.2) is 30.4 Å². The first kappa shape index (κ1) is 17.5. The molecule has 120 valence electrons. The van der Waals surface area contributed by atoms with Crippen LogP contribution in [0.5, 0.6) is 0 Å². The standard InChI is InChI=1S/C15H26N2O4/c1-3-21-15(20)10(2)9-12(13(16)18)17-14(19)11-7-5-4-6-8-11/h10-12H,3-9H2,1-2H3,(H2,16,18)(H,17,19)/t10-,12-/m1/s1. The van der Waals surface area contributed by atoms with Gasteiger partial charge in [0.2, 0.25) is 11.8 Å². The van der Waals surface area contributed by atoms with Gasteiger partial charge < -0.3 is 15.8 Å². The fourth-order valence-corrected chi connectivity index (χ4v) is 2.63. The van der Waals surface area contributed by atoms with Crippen molar-refractivity contribution in [3.63, 3.8) is 0 Å². The molecule has 0 aliphatic heterocycles. The van der Waals surface area contributed by atoms with E-state index in [0.29, 0.717) is 6.61 Å². The van der Waals surface area contributed by atoms with E-state index in [1.165, 1.54) is 0 Å². The first-order valence-corrected chi connectivity index (χ1v) is 7.72. The third kappa shape index (κ3) is 5.73. The molecule has 2 atom stereocenters. The van der Waals surface area contributed by atoms with Crippen molar-refractivity contribution in [2.45, 2.75) is 58.4 Å². The molecule has 6 heteroatoms. The number of primary amides is 1. The first-order valence-electron chi connectivity index (χ1n) is 7.72. The van der Waals surface area contributed by atoms with Crippen molar-refractivity contribution in [1.82, 2.24) is 5.32 Å². The van der Waals surface area contributed by atoms with Crippen LogP contribution in [0.4, 0.5) is 0 Å². The molecule has 21 heavy (non-hydrogen) atoms. The Bertz CT molecular complexity index is 378. The summed E-state index contributed by atoms with van der Waals surface area (Å²) < 4.78 is 4.90. The van der Waals surface area contributed by atoms with Gasteiger partial charge in [0.1, 0.15) is 6.04 Å². The van der Waals surface area contributed by atoms with E-state index in [4.69, 9.17) is 10.5 Å². The van der Waals surface area contributed by atoms with Crippen LogP contribution in [0.3, 0.4) is 0 Å². The van der Waals surface area contributed by atoms with Gasteiger partial charge in [-0.3, -0.25) is 14.4 Å². The minimum absolute atomic E-state index is 0.0431. The summed E-state index contributed by atoms with van der Waals surface area (Å²) >= 11 is 0. The molecule has 0 aromatic rings. The molecular weight excluding hydrogens is 272 g/mol. The summed E-state index contributed by atoms with van der Waals surface area (Å²) in [4.78, 5) is 35.2. The Labute approximate surface area is 125 Å². The predicted molar refractivity (Wildman–Crippen MR) is 78.1 cm³/mol. The van der Waals surface area contributed by atoms with Crippen molar-refractivity contribution in [3.05, 3.63) is 0 Å². The van der Waals surface area contributed by atoms with E-state index in [9.17, 15) is 14.4 Å². The van der Waals surface area contributed by atoms with E-state index in [0.717, 1.165) is 32.1 Å². The molecule has 0 saturated heterocycles. The van der Waals surface area contributed by atoms with Crippen LogP contribution in [0.15, 0.2) is 0 Å². The van der Waals surface area contributed by atoms with Gasteiger partial charge in [0.25, 0.3) is 0 Å². The number of amides is 2. The monoisotopic (exact) mass is 298 g/mol. The average molecular weight is 298 g/mol. The second-order valence-corrected chi connectivity index (χ2v) is 5.69. The molecule has 3 N–H and O–H groups in total. The molecule has 1 saturated carbocycles. The molecule has 0 unspecified atom stereocenters. The highest BCUT2D eigenvalue weighted by molar-refractivity contribution is 5.88. The second kappa shape index (κ2) is 8.64. The highest BCUT2D eigenvalue weighted by atomic mass is 16.5. The molecule has 0 heterocycles. The lowest BCUT2D eigenvalue weighted by atomic mass is 9.88. The maximum absolute atomic E-state index is 12.2. The molecular formula is C15H26N2O4. The second-order valence-electron chi connectivity index (χ2n) is 5.69. The summed E-state index contributed by atoms with van der Waals surface area (Å²) in [7, 11) is 0. The van der Waals surface area contributed by atoms with Crippen molar-refractivity contribution in [1.29, 1.82) is 0 Å². The van der Waals surface area contributed by atoms with Gasteiger partial charge >= 0.3 is 5.97 Å². The Hall–Kier alpha value is -1.59. The van der Waals surface area contributed by atoms with Crippen LogP contribution in [0.25, 0.3) is 0 Å². The molecule has 1 fully saturated rings. The van der Waals surface area contributed by atoms with Crippen molar-refractivity contribution in [2.24, 2.45) is 17.6 Å². The smallest absolute Gasteiger partial charge is 0.308 e. The number of esters is 1. The van der Waals surface area contributed by atoms with Gasteiger partial charge in [-0.15, -0.1) is 0 Å². The van der Waals surface area contributed by atoms with Gasteiger partial charge in [-0.05, 0) is 26.2 Å². The SMILES string of the molecule is CCOC(=O)[C@H](C)C[C@@H](NC(=O)C1CCCCC1)C(N)=O. The Morgan fingerprint density at radius 3 is 2.38 bits per heavy atom. The number of hydrogen-bond acceptors (Lipinski definition) is 4. The zero-order valence-electron chi connectivity index (χ0n) is 12.9. The molecule has 0 spiro atoms. The number of carbonyl (C=O) groups is 3. The number of nitrogens with two attached hydrogens (primary N) is 1. The molecule has 6 nitrogen and oxygen atoms in total. The maximum Gasteiger partial charge on any atom is 0.308 e. The fraction of sp³-hybridized carbons (Fsp3) is 0.800. The Kier molecular flexibility index (Phi) is 7.19. The van der Waals surface area contributed by atoms with E-state index in [2.05, 4.69) is 5.32 Å². The van der Waals surface area contributed by atoms with Gasteiger partial charge in [-0.1, -0.05) is 26.2 Å². The number of nitrogens with one attached hydrogen (secondary N) is 1. The van der Waals surface area contributed by atoms with Crippen LogP contribution in [0.1, 0.15) is 52.4 Å². The van der Waals surface area contributed by atoms with Crippen molar-refractivity contribution in [2.75, 3.05) is 6.61 Å². The highest BCUT2D eigenvalue weighted by Crippen LogP contribution is 2.24. The van der Waals surface area contributed by atoms with Crippen LogP contribution < -0.4 is 11.1 Å². The molecule has 0 aromatic heterocycles. The third-order valence-electron chi connectivity index (χ3n) is 3.91. The molecule has 0 bridgehead atoms. The molecule has 0 aromatic carbocycles. The van der Waals surface area contributed by atoms with Gasteiger partial charge in [-0.2, -0.15) is 0 Å². The maximum atomic E-state index is 12.2. The van der Waals surface area contributed by atoms with Crippen LogP contribution >= 0.6 is 0 Å². The fourth-order valence-electron chi connectivity index (χ4n) is 2.63. The summed E-state index contributed by atoms with van der Waals surface area (Å²) in [5.74, 6) is -1.65. The average Bonchev–Trinajstić information content (AvgIpc) is 2.47. The summed E-state index contributed by atoms with van der Waals surface area (Å²) in [5, 5.41) is 2.69. The minimum Gasteiger partial charge on any atom is -0.466 e.